The van der Waals surface area contributed by atoms with Gasteiger partial charge in [0.15, 0.2) is 0 Å². The number of anilines is 1. The van der Waals surface area contributed by atoms with Crippen LogP contribution in [0.5, 0.6) is 0 Å². The van der Waals surface area contributed by atoms with Crippen molar-refractivity contribution >= 4 is 17.5 Å². The zero-order chi connectivity index (χ0) is 18.1. The van der Waals surface area contributed by atoms with E-state index in [-0.39, 0.29) is 11.8 Å². The van der Waals surface area contributed by atoms with E-state index >= 15 is 0 Å². The van der Waals surface area contributed by atoms with E-state index in [1.807, 2.05) is 42.5 Å². The van der Waals surface area contributed by atoms with Gasteiger partial charge in [-0.05, 0) is 61.6 Å². The van der Waals surface area contributed by atoms with Crippen LogP contribution in [0.4, 0.5) is 5.69 Å². The molecule has 2 aliphatic rings. The minimum atomic E-state index is -0.678. The first kappa shape index (κ1) is 16.3. The van der Waals surface area contributed by atoms with E-state index in [9.17, 15) is 9.59 Å². The van der Waals surface area contributed by atoms with Crippen LogP contribution in [0, 0.1) is 11.3 Å². The molecular formula is C21H19N3O2. The predicted octanol–water partition coefficient (Wildman–Crippen LogP) is 3.07. The average molecular weight is 345 g/mol. The lowest BCUT2D eigenvalue weighted by molar-refractivity contribution is 0.0940. The molecule has 1 N–H and O–H groups in total. The first-order chi connectivity index (χ1) is 12.6. The molecule has 1 aliphatic heterocycles. The van der Waals surface area contributed by atoms with Crippen molar-refractivity contribution in [2.45, 2.75) is 31.2 Å². The van der Waals surface area contributed by atoms with Crippen LogP contribution in [-0.2, 0) is 6.42 Å². The van der Waals surface area contributed by atoms with Gasteiger partial charge in [-0.2, -0.15) is 5.26 Å². The van der Waals surface area contributed by atoms with Gasteiger partial charge in [-0.1, -0.05) is 18.2 Å². The molecule has 1 aliphatic carbocycles. The van der Waals surface area contributed by atoms with E-state index in [1.165, 1.54) is 0 Å². The molecule has 0 aromatic heterocycles. The molecule has 1 fully saturated rings. The summed E-state index contributed by atoms with van der Waals surface area (Å²) in [5, 5.41) is 12.0. The van der Waals surface area contributed by atoms with E-state index in [4.69, 9.17) is 5.26 Å². The summed E-state index contributed by atoms with van der Waals surface area (Å²) in [6.45, 7) is 0.670. The van der Waals surface area contributed by atoms with Crippen molar-refractivity contribution in [3.05, 3.63) is 65.2 Å². The third-order valence-corrected chi connectivity index (χ3v) is 5.04. The number of benzene rings is 2. The Morgan fingerprint density at radius 2 is 1.85 bits per heavy atom. The van der Waals surface area contributed by atoms with Crippen molar-refractivity contribution in [3.8, 4) is 6.07 Å². The molecule has 5 heteroatoms. The van der Waals surface area contributed by atoms with Crippen LogP contribution in [0.25, 0.3) is 0 Å². The maximum atomic E-state index is 12.8. The fourth-order valence-electron chi connectivity index (χ4n) is 3.37. The summed E-state index contributed by atoms with van der Waals surface area (Å²) < 4.78 is 0. The van der Waals surface area contributed by atoms with E-state index in [2.05, 4.69) is 11.4 Å². The monoisotopic (exact) mass is 345 g/mol. The normalized spacial score (nSPS) is 17.0. The molecule has 4 rings (SSSR count). The third kappa shape index (κ3) is 2.95. The number of nitrogens with one attached hydrogen (secondary N) is 1. The van der Waals surface area contributed by atoms with E-state index < -0.39 is 5.54 Å². The van der Waals surface area contributed by atoms with E-state index in [0.717, 1.165) is 24.1 Å². The SMILES string of the molecule is N#CC1(NC(=O)c2ccc3c(c2)CCCN3C(=O)c2ccccc2)CC1. The largest absolute Gasteiger partial charge is 0.334 e. The van der Waals surface area contributed by atoms with Crippen molar-refractivity contribution in [2.24, 2.45) is 0 Å². The molecule has 2 aromatic rings. The Morgan fingerprint density at radius 3 is 2.54 bits per heavy atom. The van der Waals surface area contributed by atoms with Gasteiger partial charge in [-0.25, -0.2) is 0 Å². The highest BCUT2D eigenvalue weighted by Crippen LogP contribution is 2.35. The topological polar surface area (TPSA) is 73.2 Å². The summed E-state index contributed by atoms with van der Waals surface area (Å²) in [5.41, 5.74) is 2.38. The zero-order valence-electron chi connectivity index (χ0n) is 14.4. The highest BCUT2D eigenvalue weighted by Gasteiger charge is 2.44. The molecule has 5 nitrogen and oxygen atoms in total. The number of hydrogen-bond donors (Lipinski definition) is 1. The molecule has 0 saturated heterocycles. The average Bonchev–Trinajstić information content (AvgIpc) is 3.47. The van der Waals surface area contributed by atoms with Crippen LogP contribution < -0.4 is 10.2 Å². The van der Waals surface area contributed by atoms with Crippen molar-refractivity contribution in [1.82, 2.24) is 5.32 Å². The molecule has 0 radical (unpaired) electrons. The quantitative estimate of drug-likeness (QED) is 0.929. The fraction of sp³-hybridized carbons (Fsp3) is 0.286. The fourth-order valence-corrected chi connectivity index (χ4v) is 3.37. The van der Waals surface area contributed by atoms with Gasteiger partial charge in [-0.15, -0.1) is 0 Å². The number of nitriles is 1. The minimum Gasteiger partial charge on any atom is -0.334 e. The van der Waals surface area contributed by atoms with Gasteiger partial charge >= 0.3 is 0 Å². The molecule has 0 atom stereocenters. The van der Waals surface area contributed by atoms with Crippen molar-refractivity contribution in [3.63, 3.8) is 0 Å². The van der Waals surface area contributed by atoms with Gasteiger partial charge in [0.2, 0.25) is 0 Å². The zero-order valence-corrected chi connectivity index (χ0v) is 14.4. The van der Waals surface area contributed by atoms with Crippen molar-refractivity contribution < 1.29 is 9.59 Å². The number of fused-ring (bicyclic) bond motifs is 1. The van der Waals surface area contributed by atoms with E-state index in [0.29, 0.717) is 30.5 Å². The van der Waals surface area contributed by atoms with Crippen LogP contribution in [0.2, 0.25) is 0 Å². The lowest BCUT2D eigenvalue weighted by Crippen LogP contribution is -2.37. The van der Waals surface area contributed by atoms with Crippen molar-refractivity contribution in [2.75, 3.05) is 11.4 Å². The van der Waals surface area contributed by atoms with Gasteiger partial charge in [0.05, 0.1) is 6.07 Å². The Kier molecular flexibility index (Phi) is 3.96. The molecule has 0 unspecified atom stereocenters. The highest BCUT2D eigenvalue weighted by atomic mass is 16.2. The number of nitrogens with zero attached hydrogens (tertiary/aromatic N) is 2. The number of carbonyl (C=O) groups excluding carboxylic acids is 2. The molecule has 26 heavy (non-hydrogen) atoms. The first-order valence-electron chi connectivity index (χ1n) is 8.85. The third-order valence-electron chi connectivity index (χ3n) is 5.04. The summed E-state index contributed by atoms with van der Waals surface area (Å²) >= 11 is 0. The second kappa shape index (κ2) is 6.30. The summed E-state index contributed by atoms with van der Waals surface area (Å²) in [7, 11) is 0. The number of rotatable bonds is 3. The Labute approximate surface area is 152 Å². The van der Waals surface area contributed by atoms with Crippen LogP contribution >= 0.6 is 0 Å². The number of carbonyl (C=O) groups is 2. The second-order valence-electron chi connectivity index (χ2n) is 6.92. The van der Waals surface area contributed by atoms with Crippen LogP contribution in [0.1, 0.15) is 45.5 Å². The Hall–Kier alpha value is -3.13. The second-order valence-corrected chi connectivity index (χ2v) is 6.92. The predicted molar refractivity (Wildman–Crippen MR) is 97.9 cm³/mol. The number of aryl methyl sites for hydroxylation is 1. The summed E-state index contributed by atoms with van der Waals surface area (Å²) in [5.74, 6) is -0.247. The molecule has 1 heterocycles. The van der Waals surface area contributed by atoms with Crippen LogP contribution in [0.3, 0.4) is 0 Å². The summed E-state index contributed by atoms with van der Waals surface area (Å²) in [6.07, 6.45) is 3.11. The number of amides is 2. The number of hydrogen-bond acceptors (Lipinski definition) is 3. The lowest BCUT2D eigenvalue weighted by Gasteiger charge is -2.30. The van der Waals surface area contributed by atoms with Gasteiger partial charge < -0.3 is 10.2 Å². The first-order valence-corrected chi connectivity index (χ1v) is 8.85. The maximum Gasteiger partial charge on any atom is 0.258 e. The molecule has 2 aromatic carbocycles. The maximum absolute atomic E-state index is 12.8. The van der Waals surface area contributed by atoms with Gasteiger partial charge in [0.25, 0.3) is 11.8 Å². The van der Waals surface area contributed by atoms with Gasteiger partial charge in [-0.3, -0.25) is 9.59 Å². The molecule has 1 saturated carbocycles. The smallest absolute Gasteiger partial charge is 0.258 e. The molecular weight excluding hydrogens is 326 g/mol. The summed E-state index contributed by atoms with van der Waals surface area (Å²) in [4.78, 5) is 27.1. The van der Waals surface area contributed by atoms with Gasteiger partial charge in [0, 0.05) is 23.4 Å². The lowest BCUT2D eigenvalue weighted by atomic mass is 9.98. The molecule has 2 amide bonds. The Bertz CT molecular complexity index is 911. The molecule has 0 bridgehead atoms. The highest BCUT2D eigenvalue weighted by molar-refractivity contribution is 6.07. The molecule has 130 valence electrons. The summed E-state index contributed by atoms with van der Waals surface area (Å²) in [6, 6.07) is 16.8. The minimum absolute atomic E-state index is 0.0230. The van der Waals surface area contributed by atoms with Gasteiger partial charge in [0.1, 0.15) is 5.54 Å². The van der Waals surface area contributed by atoms with Crippen LogP contribution in [-0.4, -0.2) is 23.9 Å². The van der Waals surface area contributed by atoms with Crippen LogP contribution in [0.15, 0.2) is 48.5 Å². The molecule has 0 spiro atoms. The Morgan fingerprint density at radius 1 is 1.08 bits per heavy atom. The van der Waals surface area contributed by atoms with E-state index in [1.54, 1.807) is 11.0 Å². The standard InChI is InChI=1S/C21H19N3O2/c22-14-21(10-11-21)23-19(25)17-8-9-18-16(13-17)7-4-12-24(18)20(26)15-5-2-1-3-6-15/h1-3,5-6,8-9,13H,4,7,10-12H2,(H,23,25). The Balaban J connectivity index is 1.59. The van der Waals surface area contributed by atoms with Crippen molar-refractivity contribution in [1.29, 1.82) is 5.26 Å².